The van der Waals surface area contributed by atoms with E-state index in [-0.39, 0.29) is 0 Å². The summed E-state index contributed by atoms with van der Waals surface area (Å²) in [6.07, 6.45) is 7.63. The van der Waals surface area contributed by atoms with E-state index in [0.29, 0.717) is 0 Å². The minimum Gasteiger partial charge on any atom is -0.378 e. The van der Waals surface area contributed by atoms with Crippen molar-refractivity contribution in [1.82, 2.24) is 0 Å². The maximum absolute atomic E-state index is 9.13. The minimum atomic E-state index is -0.807. The number of rotatable bonds is 3. The third-order valence-electron chi connectivity index (χ3n) is 2.05. The third kappa shape index (κ3) is 3.49. The standard InChI is InChI=1S/C13H15NO/c1-4-13(15)10-7-11-5-8-12(9-6-11)14(2)3/h1,5-10,13,15H,2-3H3. The maximum atomic E-state index is 9.13. The van der Waals surface area contributed by atoms with E-state index in [2.05, 4.69) is 5.92 Å². The van der Waals surface area contributed by atoms with Gasteiger partial charge in [0, 0.05) is 19.8 Å². The van der Waals surface area contributed by atoms with Gasteiger partial charge in [0.1, 0.15) is 6.10 Å². The molecule has 1 unspecified atom stereocenters. The van der Waals surface area contributed by atoms with Crippen LogP contribution in [-0.2, 0) is 0 Å². The van der Waals surface area contributed by atoms with Crippen molar-refractivity contribution < 1.29 is 5.11 Å². The van der Waals surface area contributed by atoms with E-state index in [1.54, 1.807) is 6.08 Å². The van der Waals surface area contributed by atoms with Crippen LogP contribution in [-0.4, -0.2) is 25.3 Å². The van der Waals surface area contributed by atoms with Gasteiger partial charge in [-0.1, -0.05) is 24.1 Å². The Kier molecular flexibility index (Phi) is 3.96. The van der Waals surface area contributed by atoms with Crippen molar-refractivity contribution in [3.05, 3.63) is 35.9 Å². The summed E-state index contributed by atoms with van der Waals surface area (Å²) in [7, 11) is 3.99. The smallest absolute Gasteiger partial charge is 0.133 e. The molecule has 0 aliphatic carbocycles. The van der Waals surface area contributed by atoms with Gasteiger partial charge in [0.25, 0.3) is 0 Å². The summed E-state index contributed by atoms with van der Waals surface area (Å²) in [4.78, 5) is 2.03. The molecule has 15 heavy (non-hydrogen) atoms. The zero-order chi connectivity index (χ0) is 11.3. The summed E-state index contributed by atoms with van der Waals surface area (Å²) in [5, 5.41) is 9.13. The molecule has 1 rings (SSSR count). The van der Waals surface area contributed by atoms with Crippen molar-refractivity contribution in [2.45, 2.75) is 6.10 Å². The molecule has 0 saturated heterocycles. The van der Waals surface area contributed by atoms with Crippen LogP contribution in [0.25, 0.3) is 6.08 Å². The van der Waals surface area contributed by atoms with Gasteiger partial charge in [-0.05, 0) is 23.8 Å². The summed E-state index contributed by atoms with van der Waals surface area (Å²) in [5.41, 5.74) is 2.17. The van der Waals surface area contributed by atoms with Crippen LogP contribution in [0.15, 0.2) is 30.3 Å². The minimum absolute atomic E-state index is 0.807. The first-order valence-corrected chi connectivity index (χ1v) is 4.73. The average Bonchev–Trinajstić information content (AvgIpc) is 2.26. The number of terminal acetylenes is 1. The van der Waals surface area contributed by atoms with E-state index >= 15 is 0 Å². The quantitative estimate of drug-likeness (QED) is 0.753. The lowest BCUT2D eigenvalue weighted by atomic mass is 10.1. The molecule has 0 aromatic heterocycles. The van der Waals surface area contributed by atoms with Crippen LogP contribution < -0.4 is 4.90 Å². The van der Waals surface area contributed by atoms with Gasteiger partial charge in [-0.2, -0.15) is 0 Å². The van der Waals surface area contributed by atoms with E-state index in [4.69, 9.17) is 11.5 Å². The predicted octanol–water partition coefficient (Wildman–Crippen LogP) is 1.76. The molecular weight excluding hydrogens is 186 g/mol. The van der Waals surface area contributed by atoms with Crippen LogP contribution in [0.4, 0.5) is 5.69 Å². The lowest BCUT2D eigenvalue weighted by molar-refractivity contribution is 0.282. The monoisotopic (exact) mass is 201 g/mol. The number of aliphatic hydroxyl groups is 1. The topological polar surface area (TPSA) is 23.5 Å². The van der Waals surface area contributed by atoms with E-state index in [1.807, 2.05) is 49.3 Å². The van der Waals surface area contributed by atoms with Gasteiger partial charge in [-0.15, -0.1) is 6.42 Å². The summed E-state index contributed by atoms with van der Waals surface area (Å²) in [5.74, 6) is 2.23. The van der Waals surface area contributed by atoms with Crippen LogP contribution in [0.2, 0.25) is 0 Å². The van der Waals surface area contributed by atoms with Crippen LogP contribution in [0.3, 0.4) is 0 Å². The van der Waals surface area contributed by atoms with Crippen molar-refractivity contribution in [2.24, 2.45) is 0 Å². The number of anilines is 1. The SMILES string of the molecule is C#CC(O)C=Cc1ccc(N(C)C)cc1. The van der Waals surface area contributed by atoms with Gasteiger partial charge in [0.15, 0.2) is 0 Å². The molecule has 1 N–H and O–H groups in total. The number of hydrogen-bond donors (Lipinski definition) is 1. The predicted molar refractivity (Wildman–Crippen MR) is 64.6 cm³/mol. The lowest BCUT2D eigenvalue weighted by Gasteiger charge is -2.11. The Hall–Kier alpha value is -1.72. The second-order valence-corrected chi connectivity index (χ2v) is 3.46. The van der Waals surface area contributed by atoms with E-state index in [0.717, 1.165) is 11.3 Å². The molecule has 0 aliphatic rings. The zero-order valence-electron chi connectivity index (χ0n) is 9.01. The van der Waals surface area contributed by atoms with E-state index < -0.39 is 6.10 Å². The van der Waals surface area contributed by atoms with Gasteiger partial charge in [-0.25, -0.2) is 0 Å². The van der Waals surface area contributed by atoms with Gasteiger partial charge in [0.2, 0.25) is 0 Å². The molecule has 0 fully saturated rings. The van der Waals surface area contributed by atoms with Crippen LogP contribution in [0.5, 0.6) is 0 Å². The van der Waals surface area contributed by atoms with Gasteiger partial charge in [0.05, 0.1) is 0 Å². The highest BCUT2D eigenvalue weighted by Crippen LogP contribution is 2.13. The Morgan fingerprint density at radius 3 is 2.40 bits per heavy atom. The van der Waals surface area contributed by atoms with Crippen molar-refractivity contribution in [3.63, 3.8) is 0 Å². The average molecular weight is 201 g/mol. The molecule has 1 atom stereocenters. The fraction of sp³-hybridized carbons (Fsp3) is 0.231. The molecule has 78 valence electrons. The molecule has 1 aromatic rings. The number of aliphatic hydroxyl groups excluding tert-OH is 1. The van der Waals surface area contributed by atoms with E-state index in [1.165, 1.54) is 0 Å². The molecule has 0 amide bonds. The number of benzene rings is 1. The van der Waals surface area contributed by atoms with Crippen molar-refractivity contribution in [1.29, 1.82) is 0 Å². The molecule has 1 aromatic carbocycles. The fourth-order valence-corrected chi connectivity index (χ4v) is 1.14. The number of hydrogen-bond acceptors (Lipinski definition) is 2. The fourth-order valence-electron chi connectivity index (χ4n) is 1.14. The third-order valence-corrected chi connectivity index (χ3v) is 2.05. The summed E-state index contributed by atoms with van der Waals surface area (Å²) < 4.78 is 0. The first-order chi connectivity index (χ1) is 7.13. The Morgan fingerprint density at radius 2 is 1.93 bits per heavy atom. The molecule has 0 saturated carbocycles. The molecule has 2 heteroatoms. The Balaban J connectivity index is 2.73. The summed E-state index contributed by atoms with van der Waals surface area (Å²) >= 11 is 0. The van der Waals surface area contributed by atoms with Crippen LogP contribution in [0.1, 0.15) is 5.56 Å². The highest BCUT2D eigenvalue weighted by molar-refractivity contribution is 5.56. The Bertz CT molecular complexity index is 371. The first kappa shape index (κ1) is 11.4. The summed E-state index contributed by atoms with van der Waals surface area (Å²) in [6, 6.07) is 7.99. The highest BCUT2D eigenvalue weighted by Gasteiger charge is 1.94. The van der Waals surface area contributed by atoms with Gasteiger partial charge in [-0.3, -0.25) is 0 Å². The van der Waals surface area contributed by atoms with E-state index in [9.17, 15) is 0 Å². The van der Waals surface area contributed by atoms with Gasteiger partial charge < -0.3 is 10.0 Å². The molecule has 0 heterocycles. The molecule has 0 spiro atoms. The Morgan fingerprint density at radius 1 is 1.33 bits per heavy atom. The second-order valence-electron chi connectivity index (χ2n) is 3.46. The molecule has 0 aliphatic heterocycles. The largest absolute Gasteiger partial charge is 0.378 e. The number of nitrogens with zero attached hydrogens (tertiary/aromatic N) is 1. The highest BCUT2D eigenvalue weighted by atomic mass is 16.3. The normalized spacial score (nSPS) is 12.4. The lowest BCUT2D eigenvalue weighted by Crippen LogP contribution is -2.07. The van der Waals surface area contributed by atoms with Crippen LogP contribution in [0, 0.1) is 12.3 Å². The second kappa shape index (κ2) is 5.23. The molecular formula is C13H15NO. The summed E-state index contributed by atoms with van der Waals surface area (Å²) in [6.45, 7) is 0. The maximum Gasteiger partial charge on any atom is 0.133 e. The van der Waals surface area contributed by atoms with Crippen molar-refractivity contribution in [3.8, 4) is 12.3 Å². The Labute approximate surface area is 90.8 Å². The van der Waals surface area contributed by atoms with Crippen molar-refractivity contribution >= 4 is 11.8 Å². The van der Waals surface area contributed by atoms with Gasteiger partial charge >= 0.3 is 0 Å². The van der Waals surface area contributed by atoms with Crippen molar-refractivity contribution in [2.75, 3.05) is 19.0 Å². The zero-order valence-corrected chi connectivity index (χ0v) is 9.01. The molecule has 2 nitrogen and oxygen atoms in total. The first-order valence-electron chi connectivity index (χ1n) is 4.73. The van der Waals surface area contributed by atoms with Crippen LogP contribution >= 0.6 is 0 Å². The molecule has 0 bridgehead atoms. The molecule has 0 radical (unpaired) electrons.